The molecule has 1 atom stereocenters. The lowest BCUT2D eigenvalue weighted by molar-refractivity contribution is -0.123. The Hall–Kier alpha value is -1.35. The smallest absolute Gasteiger partial charge is 0.221 e. The van der Waals surface area contributed by atoms with Crippen LogP contribution in [-0.4, -0.2) is 30.4 Å². The number of amides is 1. The molecule has 0 aromatic heterocycles. The molecule has 20 heavy (non-hydrogen) atoms. The number of primary amides is 1. The van der Waals surface area contributed by atoms with Gasteiger partial charge in [-0.1, -0.05) is 38.1 Å². The van der Waals surface area contributed by atoms with Crippen molar-refractivity contribution in [2.45, 2.75) is 39.0 Å². The molecule has 1 aliphatic heterocycles. The van der Waals surface area contributed by atoms with Crippen molar-refractivity contribution in [1.29, 1.82) is 0 Å². The van der Waals surface area contributed by atoms with E-state index in [2.05, 4.69) is 43.0 Å². The Morgan fingerprint density at radius 3 is 2.65 bits per heavy atom. The van der Waals surface area contributed by atoms with Crippen molar-refractivity contribution in [2.24, 2.45) is 11.7 Å². The van der Waals surface area contributed by atoms with Gasteiger partial charge in [0, 0.05) is 13.1 Å². The van der Waals surface area contributed by atoms with E-state index in [-0.39, 0.29) is 11.8 Å². The van der Waals surface area contributed by atoms with Crippen molar-refractivity contribution in [3.8, 4) is 0 Å². The van der Waals surface area contributed by atoms with Crippen LogP contribution in [0.25, 0.3) is 0 Å². The molecule has 1 aromatic carbocycles. The maximum Gasteiger partial charge on any atom is 0.221 e. The lowest BCUT2D eigenvalue weighted by atomic mass is 9.97. The minimum atomic E-state index is -0.143. The van der Waals surface area contributed by atoms with Crippen LogP contribution in [0, 0.1) is 5.92 Å². The quantitative estimate of drug-likeness (QED) is 0.897. The lowest BCUT2D eigenvalue weighted by Gasteiger charge is -2.31. The first-order valence-electron chi connectivity index (χ1n) is 7.66. The molecule has 0 aliphatic carbocycles. The molecule has 0 bridgehead atoms. The van der Waals surface area contributed by atoms with Gasteiger partial charge in [0.25, 0.3) is 0 Å². The summed E-state index contributed by atoms with van der Waals surface area (Å²) in [4.78, 5) is 13.6. The van der Waals surface area contributed by atoms with Gasteiger partial charge in [-0.25, -0.2) is 0 Å². The SMILES string of the molecule is CC(C)c1ccc(CCN2CCC[C@@H](C(N)=O)C2)cc1. The summed E-state index contributed by atoms with van der Waals surface area (Å²) in [5, 5.41) is 0. The highest BCUT2D eigenvalue weighted by molar-refractivity contribution is 5.76. The maximum absolute atomic E-state index is 11.3. The van der Waals surface area contributed by atoms with E-state index in [4.69, 9.17) is 5.73 Å². The third-order valence-corrected chi connectivity index (χ3v) is 4.27. The van der Waals surface area contributed by atoms with Crippen LogP contribution < -0.4 is 5.73 Å². The molecule has 1 heterocycles. The minimum absolute atomic E-state index is 0.0482. The Kier molecular flexibility index (Phi) is 5.18. The normalized spacial score (nSPS) is 20.2. The van der Waals surface area contributed by atoms with Crippen molar-refractivity contribution in [1.82, 2.24) is 4.90 Å². The van der Waals surface area contributed by atoms with Gasteiger partial charge in [-0.3, -0.25) is 4.79 Å². The van der Waals surface area contributed by atoms with Crippen molar-refractivity contribution in [2.75, 3.05) is 19.6 Å². The molecular weight excluding hydrogens is 248 g/mol. The number of nitrogens with zero attached hydrogens (tertiary/aromatic N) is 1. The zero-order chi connectivity index (χ0) is 14.5. The predicted molar refractivity (Wildman–Crippen MR) is 82.6 cm³/mol. The fourth-order valence-electron chi connectivity index (χ4n) is 2.85. The van der Waals surface area contributed by atoms with E-state index in [9.17, 15) is 4.79 Å². The summed E-state index contributed by atoms with van der Waals surface area (Å²) in [5.41, 5.74) is 8.18. The number of carbonyl (C=O) groups is 1. The largest absolute Gasteiger partial charge is 0.369 e. The highest BCUT2D eigenvalue weighted by atomic mass is 16.1. The van der Waals surface area contributed by atoms with Gasteiger partial charge in [0.2, 0.25) is 5.91 Å². The summed E-state index contributed by atoms with van der Waals surface area (Å²) >= 11 is 0. The number of nitrogens with two attached hydrogens (primary N) is 1. The number of piperidine rings is 1. The van der Waals surface area contributed by atoms with Gasteiger partial charge in [0.15, 0.2) is 0 Å². The van der Waals surface area contributed by atoms with Gasteiger partial charge in [-0.2, -0.15) is 0 Å². The molecule has 1 amide bonds. The highest BCUT2D eigenvalue weighted by Crippen LogP contribution is 2.18. The molecule has 3 heteroatoms. The average molecular weight is 274 g/mol. The second-order valence-electron chi connectivity index (χ2n) is 6.19. The summed E-state index contributed by atoms with van der Waals surface area (Å²) in [6, 6.07) is 8.90. The zero-order valence-corrected chi connectivity index (χ0v) is 12.6. The molecule has 1 aromatic rings. The van der Waals surface area contributed by atoms with Crippen LogP contribution in [0.5, 0.6) is 0 Å². The predicted octanol–water partition coefficient (Wildman–Crippen LogP) is 2.55. The Bertz CT molecular complexity index is 439. The highest BCUT2D eigenvalue weighted by Gasteiger charge is 2.23. The van der Waals surface area contributed by atoms with Crippen molar-refractivity contribution < 1.29 is 4.79 Å². The number of rotatable bonds is 5. The first-order chi connectivity index (χ1) is 9.56. The summed E-state index contributed by atoms with van der Waals surface area (Å²) in [5.74, 6) is 0.491. The van der Waals surface area contributed by atoms with E-state index in [1.165, 1.54) is 11.1 Å². The maximum atomic E-state index is 11.3. The molecule has 1 saturated heterocycles. The van der Waals surface area contributed by atoms with Crippen molar-refractivity contribution >= 4 is 5.91 Å². The van der Waals surface area contributed by atoms with Gasteiger partial charge in [-0.05, 0) is 42.9 Å². The Morgan fingerprint density at radius 1 is 1.35 bits per heavy atom. The van der Waals surface area contributed by atoms with Crippen LogP contribution in [0.15, 0.2) is 24.3 Å². The van der Waals surface area contributed by atoms with E-state index in [1.54, 1.807) is 0 Å². The zero-order valence-electron chi connectivity index (χ0n) is 12.6. The van der Waals surface area contributed by atoms with Crippen LogP contribution in [0.1, 0.15) is 43.7 Å². The molecule has 110 valence electrons. The Labute approximate surface area is 122 Å². The van der Waals surface area contributed by atoms with Gasteiger partial charge < -0.3 is 10.6 Å². The topological polar surface area (TPSA) is 46.3 Å². The average Bonchev–Trinajstić information content (AvgIpc) is 2.46. The Balaban J connectivity index is 1.84. The number of hydrogen-bond acceptors (Lipinski definition) is 2. The molecular formula is C17H26N2O. The fourth-order valence-corrected chi connectivity index (χ4v) is 2.85. The second-order valence-corrected chi connectivity index (χ2v) is 6.19. The molecule has 1 aliphatic rings. The van der Waals surface area contributed by atoms with Crippen molar-refractivity contribution in [3.05, 3.63) is 35.4 Å². The number of benzene rings is 1. The third-order valence-electron chi connectivity index (χ3n) is 4.27. The molecule has 0 spiro atoms. The monoisotopic (exact) mass is 274 g/mol. The number of hydrogen-bond donors (Lipinski definition) is 1. The molecule has 1 fully saturated rings. The first-order valence-corrected chi connectivity index (χ1v) is 7.66. The van der Waals surface area contributed by atoms with Gasteiger partial charge in [0.1, 0.15) is 0 Å². The summed E-state index contributed by atoms with van der Waals surface area (Å²) in [7, 11) is 0. The van der Waals surface area contributed by atoms with Gasteiger partial charge in [0.05, 0.1) is 5.92 Å². The first kappa shape index (κ1) is 15.0. The lowest BCUT2D eigenvalue weighted by Crippen LogP contribution is -2.41. The van der Waals surface area contributed by atoms with Crippen LogP contribution in [0.4, 0.5) is 0 Å². The van der Waals surface area contributed by atoms with Crippen LogP contribution in [0.2, 0.25) is 0 Å². The molecule has 2 rings (SSSR count). The molecule has 0 unspecified atom stereocenters. The van der Waals surface area contributed by atoms with E-state index in [0.29, 0.717) is 5.92 Å². The third kappa shape index (κ3) is 4.07. The second kappa shape index (κ2) is 6.89. The van der Waals surface area contributed by atoms with Gasteiger partial charge in [-0.15, -0.1) is 0 Å². The van der Waals surface area contributed by atoms with Crippen LogP contribution in [0.3, 0.4) is 0 Å². The number of likely N-dealkylation sites (tertiary alicyclic amines) is 1. The summed E-state index contributed by atoms with van der Waals surface area (Å²) in [6.45, 7) is 7.37. The van der Waals surface area contributed by atoms with Crippen molar-refractivity contribution in [3.63, 3.8) is 0 Å². The minimum Gasteiger partial charge on any atom is -0.369 e. The van der Waals surface area contributed by atoms with Crippen LogP contribution in [-0.2, 0) is 11.2 Å². The standard InChI is InChI=1S/C17H26N2O/c1-13(2)15-7-5-14(6-8-15)9-11-19-10-3-4-16(12-19)17(18)20/h5-8,13,16H,3-4,9-12H2,1-2H3,(H2,18,20)/t16-/m1/s1. The Morgan fingerprint density at radius 2 is 2.05 bits per heavy atom. The fraction of sp³-hybridized carbons (Fsp3) is 0.588. The summed E-state index contributed by atoms with van der Waals surface area (Å²) in [6.07, 6.45) is 3.08. The molecule has 3 nitrogen and oxygen atoms in total. The van der Waals surface area contributed by atoms with E-state index in [1.807, 2.05) is 0 Å². The molecule has 2 N–H and O–H groups in total. The summed E-state index contributed by atoms with van der Waals surface area (Å²) < 4.78 is 0. The van der Waals surface area contributed by atoms with E-state index in [0.717, 1.165) is 38.9 Å². The van der Waals surface area contributed by atoms with Gasteiger partial charge >= 0.3 is 0 Å². The molecule has 0 radical (unpaired) electrons. The molecule has 0 saturated carbocycles. The number of carbonyl (C=O) groups excluding carboxylic acids is 1. The van der Waals surface area contributed by atoms with Crippen LogP contribution >= 0.6 is 0 Å². The van der Waals surface area contributed by atoms with E-state index >= 15 is 0 Å². The van der Waals surface area contributed by atoms with E-state index < -0.39 is 0 Å².